The Morgan fingerprint density at radius 2 is 2.12 bits per heavy atom. The average Bonchev–Trinajstić information content (AvgIpc) is 3.19. The fourth-order valence-electron chi connectivity index (χ4n) is 2.04. The predicted molar refractivity (Wildman–Crippen MR) is 66.3 cm³/mol. The van der Waals surface area contributed by atoms with Gasteiger partial charge in [0.05, 0.1) is 11.6 Å². The van der Waals surface area contributed by atoms with Crippen molar-refractivity contribution in [2.45, 2.75) is 24.9 Å². The molecule has 3 rings (SSSR count). The summed E-state index contributed by atoms with van der Waals surface area (Å²) in [6, 6.07) is 12.5. The van der Waals surface area contributed by atoms with Crippen LogP contribution >= 0.6 is 0 Å². The first-order chi connectivity index (χ1) is 8.38. The van der Waals surface area contributed by atoms with Crippen LogP contribution in [0.2, 0.25) is 0 Å². The molecular weight excluding hydrogens is 210 g/mol. The van der Waals surface area contributed by atoms with E-state index in [9.17, 15) is 5.26 Å². The Hall–Kier alpha value is -1.92. The number of hydrogen-bond acceptors (Lipinski definition) is 3. The molecule has 1 saturated carbocycles. The first-order valence-electron chi connectivity index (χ1n) is 5.88. The third kappa shape index (κ3) is 2.00. The van der Waals surface area contributed by atoms with Gasteiger partial charge >= 0.3 is 0 Å². The molecule has 1 aromatic heterocycles. The van der Waals surface area contributed by atoms with Gasteiger partial charge in [-0.15, -0.1) is 0 Å². The highest BCUT2D eigenvalue weighted by molar-refractivity contribution is 5.82. The number of nitriles is 1. The van der Waals surface area contributed by atoms with Crippen LogP contribution in [0, 0.1) is 11.3 Å². The van der Waals surface area contributed by atoms with Gasteiger partial charge in [0.2, 0.25) is 0 Å². The number of hydrogen-bond donors (Lipinski definition) is 1. The zero-order chi connectivity index (χ0) is 11.7. The molecule has 1 aliphatic carbocycles. The molecule has 1 aromatic carbocycles. The summed E-state index contributed by atoms with van der Waals surface area (Å²) in [5, 5.41) is 13.7. The van der Waals surface area contributed by atoms with Gasteiger partial charge in [-0.05, 0) is 18.9 Å². The lowest BCUT2D eigenvalue weighted by Crippen LogP contribution is -2.22. The average molecular weight is 223 g/mol. The van der Waals surface area contributed by atoms with E-state index in [1.54, 1.807) is 6.20 Å². The molecule has 0 amide bonds. The molecule has 0 saturated heterocycles. The van der Waals surface area contributed by atoms with Crippen LogP contribution in [-0.4, -0.2) is 11.0 Å². The van der Waals surface area contributed by atoms with Crippen molar-refractivity contribution in [3.05, 3.63) is 42.1 Å². The highest BCUT2D eigenvalue weighted by atomic mass is 15.0. The largest absolute Gasteiger partial charge is 0.295 e. The summed E-state index contributed by atoms with van der Waals surface area (Å²) in [5.41, 5.74) is 1.91. The summed E-state index contributed by atoms with van der Waals surface area (Å²) in [4.78, 5) is 4.39. The Balaban J connectivity index is 2.05. The third-order valence-corrected chi connectivity index (χ3v) is 3.08. The molecule has 0 radical (unpaired) electrons. The minimum absolute atomic E-state index is 0.249. The molecule has 3 nitrogen and oxygen atoms in total. The molecule has 1 N–H and O–H groups in total. The molecule has 2 aromatic rings. The highest BCUT2D eigenvalue weighted by Gasteiger charge is 2.26. The first kappa shape index (κ1) is 10.2. The second-order valence-electron chi connectivity index (χ2n) is 4.43. The Morgan fingerprint density at radius 1 is 1.29 bits per heavy atom. The number of rotatable bonds is 3. The molecule has 1 unspecified atom stereocenters. The van der Waals surface area contributed by atoms with Crippen molar-refractivity contribution >= 4 is 10.9 Å². The lowest BCUT2D eigenvalue weighted by Gasteiger charge is -2.12. The molecule has 0 spiro atoms. The van der Waals surface area contributed by atoms with Gasteiger partial charge in [0, 0.05) is 23.2 Å². The predicted octanol–water partition coefficient (Wildman–Crippen LogP) is 2.55. The normalized spacial score (nSPS) is 16.6. The van der Waals surface area contributed by atoms with Gasteiger partial charge in [-0.25, -0.2) is 0 Å². The van der Waals surface area contributed by atoms with Crippen molar-refractivity contribution in [3.63, 3.8) is 0 Å². The van der Waals surface area contributed by atoms with Crippen molar-refractivity contribution in [1.82, 2.24) is 10.3 Å². The van der Waals surface area contributed by atoms with Crippen molar-refractivity contribution in [2.24, 2.45) is 0 Å². The Labute approximate surface area is 100 Å². The van der Waals surface area contributed by atoms with Gasteiger partial charge in [-0.2, -0.15) is 5.26 Å². The maximum absolute atomic E-state index is 9.28. The number of aromatic nitrogens is 1. The number of fused-ring (bicyclic) bond motifs is 1. The molecule has 1 atom stereocenters. The Kier molecular flexibility index (Phi) is 2.50. The molecule has 1 fully saturated rings. The standard InChI is InChI=1S/C14H13N3/c15-9-13(17-11-6-7-11)12-5-1-3-10-4-2-8-16-14(10)12/h1-5,8,11,13,17H,6-7H2. The van der Waals surface area contributed by atoms with E-state index < -0.39 is 0 Å². The summed E-state index contributed by atoms with van der Waals surface area (Å²) >= 11 is 0. The van der Waals surface area contributed by atoms with Crippen molar-refractivity contribution in [1.29, 1.82) is 5.26 Å². The summed E-state index contributed by atoms with van der Waals surface area (Å²) in [5.74, 6) is 0. The summed E-state index contributed by atoms with van der Waals surface area (Å²) in [6.45, 7) is 0. The van der Waals surface area contributed by atoms with Crippen molar-refractivity contribution in [3.8, 4) is 6.07 Å². The van der Waals surface area contributed by atoms with Crippen LogP contribution in [0.3, 0.4) is 0 Å². The maximum Gasteiger partial charge on any atom is 0.123 e. The number of nitrogens with one attached hydrogen (secondary N) is 1. The fourth-order valence-corrected chi connectivity index (χ4v) is 2.04. The van der Waals surface area contributed by atoms with Crippen LogP contribution in [0.25, 0.3) is 10.9 Å². The number of para-hydroxylation sites is 1. The second-order valence-corrected chi connectivity index (χ2v) is 4.43. The lowest BCUT2D eigenvalue weighted by atomic mass is 10.0. The van der Waals surface area contributed by atoms with Gasteiger partial charge in [0.1, 0.15) is 6.04 Å². The maximum atomic E-state index is 9.28. The van der Waals surface area contributed by atoms with Crippen LogP contribution in [0.15, 0.2) is 36.5 Å². The molecule has 1 heterocycles. The molecule has 0 bridgehead atoms. The quantitative estimate of drug-likeness (QED) is 0.869. The van der Waals surface area contributed by atoms with Gasteiger partial charge < -0.3 is 0 Å². The molecule has 0 aliphatic heterocycles. The van der Waals surface area contributed by atoms with E-state index in [4.69, 9.17) is 0 Å². The Bertz CT molecular complexity index is 576. The number of benzene rings is 1. The van der Waals surface area contributed by atoms with Crippen LogP contribution in [-0.2, 0) is 0 Å². The van der Waals surface area contributed by atoms with Crippen LogP contribution in [0.5, 0.6) is 0 Å². The summed E-state index contributed by atoms with van der Waals surface area (Å²) in [6.07, 6.45) is 4.13. The molecule has 84 valence electrons. The molecule has 1 aliphatic rings. The third-order valence-electron chi connectivity index (χ3n) is 3.08. The van der Waals surface area contributed by atoms with Crippen molar-refractivity contribution < 1.29 is 0 Å². The van der Waals surface area contributed by atoms with E-state index >= 15 is 0 Å². The zero-order valence-electron chi connectivity index (χ0n) is 9.43. The smallest absolute Gasteiger partial charge is 0.123 e. The SMILES string of the molecule is N#CC(NC1CC1)c1cccc2cccnc12. The van der Waals surface area contributed by atoms with E-state index in [1.807, 2.05) is 30.3 Å². The summed E-state index contributed by atoms with van der Waals surface area (Å²) in [7, 11) is 0. The van der Waals surface area contributed by atoms with E-state index in [1.165, 1.54) is 12.8 Å². The van der Waals surface area contributed by atoms with E-state index in [2.05, 4.69) is 16.4 Å². The monoisotopic (exact) mass is 223 g/mol. The van der Waals surface area contributed by atoms with Gasteiger partial charge in [0.15, 0.2) is 0 Å². The molecular formula is C14H13N3. The van der Waals surface area contributed by atoms with Gasteiger partial charge in [-0.3, -0.25) is 10.3 Å². The number of nitrogens with zero attached hydrogens (tertiary/aromatic N) is 2. The van der Waals surface area contributed by atoms with Gasteiger partial charge in [0.25, 0.3) is 0 Å². The fraction of sp³-hybridized carbons (Fsp3) is 0.286. The van der Waals surface area contributed by atoms with E-state index in [0.717, 1.165) is 16.5 Å². The minimum Gasteiger partial charge on any atom is -0.295 e. The van der Waals surface area contributed by atoms with Crippen LogP contribution in [0.1, 0.15) is 24.4 Å². The lowest BCUT2D eigenvalue weighted by molar-refractivity contribution is 0.628. The molecule has 17 heavy (non-hydrogen) atoms. The van der Waals surface area contributed by atoms with E-state index in [-0.39, 0.29) is 6.04 Å². The summed E-state index contributed by atoms with van der Waals surface area (Å²) < 4.78 is 0. The van der Waals surface area contributed by atoms with Gasteiger partial charge in [-0.1, -0.05) is 24.3 Å². The Morgan fingerprint density at radius 3 is 2.88 bits per heavy atom. The van der Waals surface area contributed by atoms with Crippen LogP contribution < -0.4 is 5.32 Å². The highest BCUT2D eigenvalue weighted by Crippen LogP contribution is 2.27. The zero-order valence-corrected chi connectivity index (χ0v) is 9.43. The molecule has 3 heteroatoms. The minimum atomic E-state index is -0.249. The first-order valence-corrected chi connectivity index (χ1v) is 5.88. The van der Waals surface area contributed by atoms with Crippen molar-refractivity contribution in [2.75, 3.05) is 0 Å². The van der Waals surface area contributed by atoms with Crippen LogP contribution in [0.4, 0.5) is 0 Å². The van der Waals surface area contributed by atoms with E-state index in [0.29, 0.717) is 6.04 Å². The second kappa shape index (κ2) is 4.15. The number of pyridine rings is 1. The topological polar surface area (TPSA) is 48.7 Å².